The molecule has 1 heteroatoms. The first kappa shape index (κ1) is 26.0. The second kappa shape index (κ2) is 9.89. The molecule has 0 radical (unpaired) electrons. The van der Waals surface area contributed by atoms with E-state index in [2.05, 4.69) is 155 Å². The van der Waals surface area contributed by atoms with Crippen LogP contribution in [0.5, 0.6) is 11.5 Å². The number of rotatable bonds is 5. The molecule has 5 aromatic rings. The van der Waals surface area contributed by atoms with E-state index in [0.717, 1.165) is 17.1 Å². The molecule has 1 aliphatic carbocycles. The predicted octanol–water partition coefficient (Wildman–Crippen LogP) is 10.8. The largest absolute Gasteiger partial charge is 0.457 e. The summed E-state index contributed by atoms with van der Waals surface area (Å²) in [6.07, 6.45) is 8.11. The Bertz CT molecular complexity index is 1900. The first-order valence-corrected chi connectivity index (χ1v) is 14.7. The van der Waals surface area contributed by atoms with E-state index < -0.39 is 5.41 Å². The molecule has 5 aromatic carbocycles. The van der Waals surface area contributed by atoms with Crippen molar-refractivity contribution in [1.82, 2.24) is 0 Å². The van der Waals surface area contributed by atoms with E-state index in [9.17, 15) is 0 Å². The molecule has 0 bridgehead atoms. The Morgan fingerprint density at radius 2 is 1.31 bits per heavy atom. The highest BCUT2D eigenvalue weighted by Gasteiger charge is 2.46. The summed E-state index contributed by atoms with van der Waals surface area (Å²) in [4.78, 5) is 0. The molecule has 0 N–H and O–H groups in total. The van der Waals surface area contributed by atoms with Gasteiger partial charge in [0, 0.05) is 16.5 Å². The Labute approximate surface area is 249 Å². The number of allylic oxidation sites excluding steroid dienone is 5. The normalized spacial score (nSPS) is 18.0. The van der Waals surface area contributed by atoms with Gasteiger partial charge in [-0.3, -0.25) is 0 Å². The zero-order chi connectivity index (χ0) is 28.9. The lowest BCUT2D eigenvalue weighted by Gasteiger charge is -2.43. The van der Waals surface area contributed by atoms with Crippen LogP contribution >= 0.6 is 0 Å². The van der Waals surface area contributed by atoms with Gasteiger partial charge in [0.1, 0.15) is 11.5 Å². The van der Waals surface area contributed by atoms with Gasteiger partial charge in [0.25, 0.3) is 0 Å². The smallest absolute Gasteiger partial charge is 0.132 e. The highest BCUT2D eigenvalue weighted by molar-refractivity contribution is 5.86. The predicted molar refractivity (Wildman–Crippen MR) is 175 cm³/mol. The Kier molecular flexibility index (Phi) is 6.13. The quantitative estimate of drug-likeness (QED) is 0.201. The molecule has 1 unspecified atom stereocenters. The molecule has 0 saturated heterocycles. The monoisotopic (exact) mass is 542 g/mol. The topological polar surface area (TPSA) is 9.23 Å². The Morgan fingerprint density at radius 3 is 2.12 bits per heavy atom. The van der Waals surface area contributed by atoms with Gasteiger partial charge in [-0.15, -0.1) is 0 Å². The van der Waals surface area contributed by atoms with Gasteiger partial charge in [0.2, 0.25) is 0 Å². The van der Waals surface area contributed by atoms with Crippen LogP contribution in [0, 0.1) is 0 Å². The van der Waals surface area contributed by atoms with Crippen LogP contribution in [0.15, 0.2) is 152 Å². The van der Waals surface area contributed by atoms with Crippen LogP contribution in [-0.2, 0) is 10.8 Å². The van der Waals surface area contributed by atoms with Crippen molar-refractivity contribution in [3.8, 4) is 33.8 Å². The number of hydrogen-bond acceptors (Lipinski definition) is 1. The standard InChI is InChI=1S/C41H34O/c1-5-6-8-16-28(2)41(30-17-9-7-10-18-30)35-22-13-14-23-37(35)42-38-24-15-20-31(39(38)41)29-25-26-33-32-19-11-12-21-34(32)40(3,4)36(33)27-29/h5-27H,1H2,2-4H3/b8-6-,28-16+. The van der Waals surface area contributed by atoms with Crippen LogP contribution in [0.3, 0.4) is 0 Å². The van der Waals surface area contributed by atoms with Crippen molar-refractivity contribution in [3.63, 3.8) is 0 Å². The van der Waals surface area contributed by atoms with Crippen molar-refractivity contribution in [2.45, 2.75) is 31.6 Å². The minimum atomic E-state index is -0.564. The molecule has 1 heterocycles. The minimum absolute atomic E-state index is 0.0816. The van der Waals surface area contributed by atoms with Crippen molar-refractivity contribution in [1.29, 1.82) is 0 Å². The van der Waals surface area contributed by atoms with Gasteiger partial charge in [0.05, 0.1) is 5.41 Å². The Hall–Kier alpha value is -4.88. The van der Waals surface area contributed by atoms with Crippen molar-refractivity contribution < 1.29 is 4.74 Å². The fourth-order valence-corrected chi connectivity index (χ4v) is 7.26. The first-order valence-electron chi connectivity index (χ1n) is 14.7. The average Bonchev–Trinajstić information content (AvgIpc) is 3.26. The molecule has 2 aliphatic rings. The summed E-state index contributed by atoms with van der Waals surface area (Å²) in [6.45, 7) is 10.8. The fraction of sp³-hybridized carbons (Fsp3) is 0.122. The summed E-state index contributed by atoms with van der Waals surface area (Å²) in [5.74, 6) is 1.77. The Balaban J connectivity index is 1.55. The average molecular weight is 543 g/mol. The maximum absolute atomic E-state index is 6.72. The summed E-state index contributed by atoms with van der Waals surface area (Å²) in [6, 6.07) is 41.7. The molecule has 204 valence electrons. The third-order valence-corrected chi connectivity index (χ3v) is 9.20. The molecular formula is C41H34O. The Morgan fingerprint density at radius 1 is 0.643 bits per heavy atom. The summed E-state index contributed by atoms with van der Waals surface area (Å²) >= 11 is 0. The van der Waals surface area contributed by atoms with E-state index in [1.165, 1.54) is 50.1 Å². The maximum Gasteiger partial charge on any atom is 0.132 e. The first-order chi connectivity index (χ1) is 20.5. The van der Waals surface area contributed by atoms with Crippen molar-refractivity contribution in [3.05, 3.63) is 180 Å². The summed E-state index contributed by atoms with van der Waals surface area (Å²) in [5.41, 5.74) is 11.9. The lowest BCUT2D eigenvalue weighted by molar-refractivity contribution is 0.433. The molecule has 0 amide bonds. The van der Waals surface area contributed by atoms with Crippen molar-refractivity contribution in [2.24, 2.45) is 0 Å². The maximum atomic E-state index is 6.72. The molecule has 0 aromatic heterocycles. The van der Waals surface area contributed by atoms with Gasteiger partial charge in [-0.2, -0.15) is 0 Å². The second-order valence-corrected chi connectivity index (χ2v) is 11.8. The van der Waals surface area contributed by atoms with Crippen LogP contribution in [-0.4, -0.2) is 0 Å². The van der Waals surface area contributed by atoms with Crippen LogP contribution < -0.4 is 4.74 Å². The van der Waals surface area contributed by atoms with E-state index in [1.807, 2.05) is 12.2 Å². The third-order valence-electron chi connectivity index (χ3n) is 9.20. The van der Waals surface area contributed by atoms with Crippen molar-refractivity contribution >= 4 is 0 Å². The van der Waals surface area contributed by atoms with E-state index in [0.29, 0.717) is 0 Å². The number of hydrogen-bond donors (Lipinski definition) is 0. The highest BCUT2D eigenvalue weighted by atomic mass is 16.5. The summed E-state index contributed by atoms with van der Waals surface area (Å²) < 4.78 is 6.72. The summed E-state index contributed by atoms with van der Waals surface area (Å²) in [7, 11) is 0. The van der Waals surface area contributed by atoms with E-state index in [4.69, 9.17) is 4.74 Å². The molecule has 0 saturated carbocycles. The van der Waals surface area contributed by atoms with Gasteiger partial charge in [0.15, 0.2) is 0 Å². The van der Waals surface area contributed by atoms with Gasteiger partial charge >= 0.3 is 0 Å². The highest BCUT2D eigenvalue weighted by Crippen LogP contribution is 2.58. The number of fused-ring (bicyclic) bond motifs is 5. The summed E-state index contributed by atoms with van der Waals surface area (Å²) in [5, 5.41) is 0. The zero-order valence-electron chi connectivity index (χ0n) is 24.4. The minimum Gasteiger partial charge on any atom is -0.457 e. The zero-order valence-corrected chi connectivity index (χ0v) is 24.4. The van der Waals surface area contributed by atoms with Gasteiger partial charge < -0.3 is 4.74 Å². The van der Waals surface area contributed by atoms with Gasteiger partial charge in [-0.25, -0.2) is 0 Å². The number of para-hydroxylation sites is 1. The second-order valence-electron chi connectivity index (χ2n) is 11.8. The van der Waals surface area contributed by atoms with E-state index in [1.54, 1.807) is 0 Å². The van der Waals surface area contributed by atoms with Crippen LogP contribution in [0.2, 0.25) is 0 Å². The molecule has 1 nitrogen and oxygen atoms in total. The SMILES string of the molecule is C=C/C=C\C=C(/C)C1(c2ccccc2)c2ccccc2Oc2cccc(-c3ccc4c(c3)C(C)(C)c3ccccc3-4)c21. The molecular weight excluding hydrogens is 508 g/mol. The molecule has 42 heavy (non-hydrogen) atoms. The lowest BCUT2D eigenvalue weighted by atomic mass is 9.62. The van der Waals surface area contributed by atoms with Crippen molar-refractivity contribution in [2.75, 3.05) is 0 Å². The fourth-order valence-electron chi connectivity index (χ4n) is 7.26. The van der Waals surface area contributed by atoms with E-state index >= 15 is 0 Å². The van der Waals surface area contributed by atoms with Crippen LogP contribution in [0.4, 0.5) is 0 Å². The number of ether oxygens (including phenoxy) is 1. The van der Waals surface area contributed by atoms with Gasteiger partial charge in [-0.1, -0.05) is 147 Å². The van der Waals surface area contributed by atoms with Crippen LogP contribution in [0.1, 0.15) is 48.6 Å². The molecule has 0 fully saturated rings. The lowest BCUT2D eigenvalue weighted by Crippen LogP contribution is -2.35. The van der Waals surface area contributed by atoms with Crippen LogP contribution in [0.25, 0.3) is 22.3 Å². The molecule has 1 aliphatic heterocycles. The third kappa shape index (κ3) is 3.70. The molecule has 0 spiro atoms. The van der Waals surface area contributed by atoms with E-state index in [-0.39, 0.29) is 5.41 Å². The molecule has 1 atom stereocenters. The molecule has 7 rings (SSSR count). The van der Waals surface area contributed by atoms with Gasteiger partial charge in [-0.05, 0) is 64.1 Å². The number of benzene rings is 5.